The van der Waals surface area contributed by atoms with Crippen LogP contribution in [0, 0.1) is 11.8 Å². The lowest BCUT2D eigenvalue weighted by Gasteiger charge is -2.24. The minimum absolute atomic E-state index is 0.0665. The fraction of sp³-hybridized carbons (Fsp3) is 0.917. The number of nitrogens with zero attached hydrogens (tertiary/aromatic N) is 1. The second kappa shape index (κ2) is 5.64. The molecule has 3 unspecified atom stereocenters. The van der Waals surface area contributed by atoms with Gasteiger partial charge in [0, 0.05) is 18.6 Å². The number of rotatable bonds is 6. The Morgan fingerprint density at radius 3 is 2.44 bits per heavy atom. The van der Waals surface area contributed by atoms with Crippen LogP contribution in [0.1, 0.15) is 26.7 Å². The highest BCUT2D eigenvalue weighted by Gasteiger charge is 2.40. The average Bonchev–Trinajstić information content (AvgIpc) is 2.79. The SMILES string of the molecule is CC(C)CC(CN(C)C)NC(=O)C1CC1N. The molecule has 0 radical (unpaired) electrons. The third-order valence-electron chi connectivity index (χ3n) is 2.86. The quantitative estimate of drug-likeness (QED) is 0.691. The van der Waals surface area contributed by atoms with Gasteiger partial charge in [-0.2, -0.15) is 0 Å². The Kier molecular flexibility index (Phi) is 4.74. The molecule has 3 N–H and O–H groups in total. The van der Waals surface area contributed by atoms with E-state index in [0.29, 0.717) is 5.92 Å². The summed E-state index contributed by atoms with van der Waals surface area (Å²) in [5.74, 6) is 0.801. The Balaban J connectivity index is 2.39. The molecule has 16 heavy (non-hydrogen) atoms. The zero-order valence-corrected chi connectivity index (χ0v) is 10.9. The van der Waals surface area contributed by atoms with Crippen molar-refractivity contribution in [2.75, 3.05) is 20.6 Å². The van der Waals surface area contributed by atoms with Gasteiger partial charge in [-0.25, -0.2) is 0 Å². The maximum atomic E-state index is 11.8. The molecule has 0 aromatic rings. The second-order valence-corrected chi connectivity index (χ2v) is 5.60. The monoisotopic (exact) mass is 227 g/mol. The van der Waals surface area contributed by atoms with E-state index in [1.807, 2.05) is 14.1 Å². The second-order valence-electron chi connectivity index (χ2n) is 5.60. The molecule has 1 amide bonds. The van der Waals surface area contributed by atoms with Crippen molar-refractivity contribution in [1.82, 2.24) is 10.2 Å². The zero-order chi connectivity index (χ0) is 12.3. The van der Waals surface area contributed by atoms with Crippen LogP contribution in [-0.2, 0) is 4.79 Å². The molecule has 0 saturated heterocycles. The first-order chi connectivity index (χ1) is 7.40. The summed E-state index contributed by atoms with van der Waals surface area (Å²) in [5.41, 5.74) is 5.67. The molecule has 1 aliphatic carbocycles. The number of amides is 1. The summed E-state index contributed by atoms with van der Waals surface area (Å²) in [6.07, 6.45) is 1.87. The lowest BCUT2D eigenvalue weighted by Crippen LogP contribution is -2.43. The molecule has 4 heteroatoms. The summed E-state index contributed by atoms with van der Waals surface area (Å²) in [7, 11) is 4.06. The maximum absolute atomic E-state index is 11.8. The lowest BCUT2D eigenvalue weighted by atomic mass is 10.0. The number of likely N-dealkylation sites (N-methyl/N-ethyl adjacent to an activating group) is 1. The van der Waals surface area contributed by atoms with Crippen LogP contribution in [0.15, 0.2) is 0 Å². The van der Waals surface area contributed by atoms with Crippen LogP contribution in [0.2, 0.25) is 0 Å². The molecule has 1 fully saturated rings. The summed E-state index contributed by atoms with van der Waals surface area (Å²) < 4.78 is 0. The smallest absolute Gasteiger partial charge is 0.224 e. The summed E-state index contributed by atoms with van der Waals surface area (Å²) in [6.45, 7) is 5.25. The van der Waals surface area contributed by atoms with Crippen molar-refractivity contribution in [1.29, 1.82) is 0 Å². The number of hydrogen-bond acceptors (Lipinski definition) is 3. The van der Waals surface area contributed by atoms with Gasteiger partial charge in [0.15, 0.2) is 0 Å². The molecule has 0 bridgehead atoms. The highest BCUT2D eigenvalue weighted by atomic mass is 16.2. The largest absolute Gasteiger partial charge is 0.352 e. The van der Waals surface area contributed by atoms with Crippen LogP contribution in [-0.4, -0.2) is 43.5 Å². The van der Waals surface area contributed by atoms with E-state index in [1.54, 1.807) is 0 Å². The van der Waals surface area contributed by atoms with Crippen molar-refractivity contribution in [2.24, 2.45) is 17.6 Å². The Labute approximate surface area is 98.6 Å². The minimum atomic E-state index is 0.0665. The Bertz CT molecular complexity index is 230. The molecule has 0 heterocycles. The van der Waals surface area contributed by atoms with Gasteiger partial charge in [-0.1, -0.05) is 13.8 Å². The molecule has 94 valence electrons. The molecule has 1 rings (SSSR count). The van der Waals surface area contributed by atoms with Gasteiger partial charge in [0.25, 0.3) is 0 Å². The van der Waals surface area contributed by atoms with Gasteiger partial charge in [-0.3, -0.25) is 4.79 Å². The van der Waals surface area contributed by atoms with Gasteiger partial charge in [-0.15, -0.1) is 0 Å². The Morgan fingerprint density at radius 1 is 1.50 bits per heavy atom. The van der Waals surface area contributed by atoms with E-state index in [0.717, 1.165) is 19.4 Å². The van der Waals surface area contributed by atoms with Crippen molar-refractivity contribution in [2.45, 2.75) is 38.8 Å². The third kappa shape index (κ3) is 4.49. The van der Waals surface area contributed by atoms with Crippen molar-refractivity contribution in [3.8, 4) is 0 Å². The van der Waals surface area contributed by atoms with Gasteiger partial charge in [0.1, 0.15) is 0 Å². The third-order valence-corrected chi connectivity index (χ3v) is 2.86. The van der Waals surface area contributed by atoms with Gasteiger partial charge in [-0.05, 0) is 32.9 Å². The minimum Gasteiger partial charge on any atom is -0.352 e. The molecular formula is C12H25N3O. The molecule has 4 nitrogen and oxygen atoms in total. The van der Waals surface area contributed by atoms with E-state index < -0.39 is 0 Å². The zero-order valence-electron chi connectivity index (χ0n) is 10.9. The molecule has 0 aliphatic heterocycles. The number of hydrogen-bond donors (Lipinski definition) is 2. The van der Waals surface area contributed by atoms with E-state index in [2.05, 4.69) is 24.1 Å². The molecule has 0 aromatic heterocycles. The summed E-state index contributed by atoms with van der Waals surface area (Å²) in [5, 5.41) is 3.11. The first kappa shape index (κ1) is 13.5. The topological polar surface area (TPSA) is 58.4 Å². The molecular weight excluding hydrogens is 202 g/mol. The van der Waals surface area contributed by atoms with Gasteiger partial charge in [0.2, 0.25) is 5.91 Å². The molecule has 1 aliphatic rings. The van der Waals surface area contributed by atoms with Crippen molar-refractivity contribution in [3.63, 3.8) is 0 Å². The Morgan fingerprint density at radius 2 is 2.06 bits per heavy atom. The van der Waals surface area contributed by atoms with Crippen LogP contribution in [0.25, 0.3) is 0 Å². The number of nitrogens with one attached hydrogen (secondary N) is 1. The number of carbonyl (C=O) groups excluding carboxylic acids is 1. The predicted octanol–water partition coefficient (Wildman–Crippen LogP) is 0.426. The first-order valence-electron chi connectivity index (χ1n) is 6.10. The molecule has 0 spiro atoms. The van der Waals surface area contributed by atoms with Crippen molar-refractivity contribution in [3.05, 3.63) is 0 Å². The maximum Gasteiger partial charge on any atom is 0.224 e. The van der Waals surface area contributed by atoms with Gasteiger partial charge < -0.3 is 16.0 Å². The van der Waals surface area contributed by atoms with E-state index in [9.17, 15) is 4.79 Å². The van der Waals surface area contributed by atoms with Crippen LogP contribution < -0.4 is 11.1 Å². The fourth-order valence-electron chi connectivity index (χ4n) is 2.01. The highest BCUT2D eigenvalue weighted by molar-refractivity contribution is 5.82. The van der Waals surface area contributed by atoms with Gasteiger partial charge >= 0.3 is 0 Å². The van der Waals surface area contributed by atoms with E-state index >= 15 is 0 Å². The van der Waals surface area contributed by atoms with E-state index in [1.165, 1.54) is 0 Å². The number of carbonyl (C=O) groups is 1. The first-order valence-corrected chi connectivity index (χ1v) is 6.10. The standard InChI is InChI=1S/C12H25N3O/c1-8(2)5-9(7-15(3)4)14-12(16)10-6-11(10)13/h8-11H,5-7,13H2,1-4H3,(H,14,16). The molecule has 3 atom stereocenters. The predicted molar refractivity (Wildman–Crippen MR) is 66.0 cm³/mol. The lowest BCUT2D eigenvalue weighted by molar-refractivity contribution is -0.123. The summed E-state index contributed by atoms with van der Waals surface area (Å²) >= 11 is 0. The van der Waals surface area contributed by atoms with Gasteiger partial charge in [0.05, 0.1) is 5.92 Å². The van der Waals surface area contributed by atoms with Crippen molar-refractivity contribution < 1.29 is 4.79 Å². The molecule has 1 saturated carbocycles. The Hall–Kier alpha value is -0.610. The normalized spacial score (nSPS) is 25.9. The van der Waals surface area contributed by atoms with Crippen molar-refractivity contribution >= 4 is 5.91 Å². The van der Waals surface area contributed by atoms with Crippen LogP contribution in [0.5, 0.6) is 0 Å². The summed E-state index contributed by atoms with van der Waals surface area (Å²) in [4.78, 5) is 13.9. The molecule has 0 aromatic carbocycles. The summed E-state index contributed by atoms with van der Waals surface area (Å²) in [6, 6.07) is 0.342. The highest BCUT2D eigenvalue weighted by Crippen LogP contribution is 2.28. The van der Waals surface area contributed by atoms with Crippen LogP contribution in [0.4, 0.5) is 0 Å². The van der Waals surface area contributed by atoms with E-state index in [-0.39, 0.29) is 23.9 Å². The number of nitrogens with two attached hydrogens (primary N) is 1. The van der Waals surface area contributed by atoms with Crippen LogP contribution in [0.3, 0.4) is 0 Å². The fourth-order valence-corrected chi connectivity index (χ4v) is 2.01. The van der Waals surface area contributed by atoms with Crippen LogP contribution >= 0.6 is 0 Å². The van der Waals surface area contributed by atoms with E-state index in [4.69, 9.17) is 5.73 Å². The average molecular weight is 227 g/mol.